The van der Waals surface area contributed by atoms with Gasteiger partial charge in [0, 0.05) is 0 Å². The minimum atomic E-state index is -4.29. The molecule has 18 heavy (non-hydrogen) atoms. The van der Waals surface area contributed by atoms with E-state index < -0.39 is 11.7 Å². The molecule has 0 aliphatic heterocycles. The number of hydrogen-bond donors (Lipinski definition) is 0. The van der Waals surface area contributed by atoms with Crippen LogP contribution in [0.4, 0.5) is 13.2 Å². The summed E-state index contributed by atoms with van der Waals surface area (Å²) in [6.45, 7) is 0. The Hall–Kier alpha value is -1.02. The Kier molecular flexibility index (Phi) is 3.96. The quantitative estimate of drug-likeness (QED) is 0.787. The zero-order valence-corrected chi connectivity index (χ0v) is 11.8. The maximum absolute atomic E-state index is 12.6. The van der Waals surface area contributed by atoms with E-state index in [4.69, 9.17) is 0 Å². The Balaban J connectivity index is 2.38. The van der Waals surface area contributed by atoms with E-state index in [0.29, 0.717) is 5.56 Å². The van der Waals surface area contributed by atoms with Crippen molar-refractivity contribution in [3.63, 3.8) is 0 Å². The summed E-state index contributed by atoms with van der Waals surface area (Å²) in [5, 5.41) is 0. The Labute approximate surface area is 118 Å². The van der Waals surface area contributed by atoms with E-state index in [1.54, 1.807) is 6.07 Å². The molecule has 0 aliphatic carbocycles. The fourth-order valence-electron chi connectivity index (χ4n) is 1.62. The van der Waals surface area contributed by atoms with E-state index in [1.165, 1.54) is 12.1 Å². The van der Waals surface area contributed by atoms with Crippen LogP contribution in [0.2, 0.25) is 0 Å². The molecular formula is C14H9F3Zr+2. The van der Waals surface area contributed by atoms with Gasteiger partial charge in [-0.3, -0.25) is 0 Å². The van der Waals surface area contributed by atoms with E-state index in [9.17, 15) is 13.2 Å². The molecule has 0 aliphatic rings. The molecule has 0 saturated carbocycles. The summed E-state index contributed by atoms with van der Waals surface area (Å²) < 4.78 is 38.8. The van der Waals surface area contributed by atoms with Crippen LogP contribution in [0.25, 0.3) is 0 Å². The molecule has 0 bridgehead atoms. The Bertz CT molecular complexity index is 559. The van der Waals surface area contributed by atoms with Crippen molar-refractivity contribution in [1.82, 2.24) is 0 Å². The van der Waals surface area contributed by atoms with E-state index in [2.05, 4.69) is 0 Å². The van der Waals surface area contributed by atoms with Crippen LogP contribution in [0, 0.1) is 0 Å². The van der Waals surface area contributed by atoms with Crippen molar-refractivity contribution >= 4 is 3.21 Å². The normalized spacial score (nSPS) is 11.4. The van der Waals surface area contributed by atoms with Crippen LogP contribution in [-0.4, -0.2) is 3.21 Å². The molecule has 2 aromatic rings. The van der Waals surface area contributed by atoms with Gasteiger partial charge in [0.1, 0.15) is 0 Å². The van der Waals surface area contributed by atoms with Crippen LogP contribution >= 0.6 is 0 Å². The van der Waals surface area contributed by atoms with Crippen molar-refractivity contribution in [3.8, 4) is 0 Å². The first-order chi connectivity index (χ1) is 8.48. The molecule has 0 spiro atoms. The van der Waals surface area contributed by atoms with Gasteiger partial charge in [-0.1, -0.05) is 0 Å². The van der Waals surface area contributed by atoms with Crippen molar-refractivity contribution in [2.45, 2.75) is 6.18 Å². The minimum absolute atomic E-state index is 0.601. The van der Waals surface area contributed by atoms with Crippen LogP contribution in [-0.2, 0) is 30.4 Å². The molecular weight excluding hydrogens is 316 g/mol. The maximum atomic E-state index is 12.6. The van der Waals surface area contributed by atoms with Gasteiger partial charge >= 0.3 is 118 Å². The number of hydrogen-bond acceptors (Lipinski definition) is 0. The van der Waals surface area contributed by atoms with Crippen molar-refractivity contribution in [3.05, 3.63) is 71.3 Å². The molecule has 0 fully saturated rings. The first kappa shape index (κ1) is 13.4. The van der Waals surface area contributed by atoms with Gasteiger partial charge in [0.05, 0.1) is 0 Å². The molecule has 0 unspecified atom stereocenters. The molecule has 0 N–H and O–H groups in total. The summed E-state index contributed by atoms with van der Waals surface area (Å²) in [7, 11) is 0. The third-order valence-electron chi connectivity index (χ3n) is 2.54. The number of benzene rings is 2. The van der Waals surface area contributed by atoms with Gasteiger partial charge in [-0.25, -0.2) is 0 Å². The molecule has 0 radical (unpaired) electrons. The molecule has 88 valence electrons. The molecule has 4 heteroatoms. The van der Waals surface area contributed by atoms with Crippen molar-refractivity contribution in [2.24, 2.45) is 0 Å². The monoisotopic (exact) mass is 324 g/mol. The van der Waals surface area contributed by atoms with Gasteiger partial charge in [0.2, 0.25) is 0 Å². The van der Waals surface area contributed by atoms with E-state index in [0.717, 1.165) is 39.1 Å². The van der Waals surface area contributed by atoms with Crippen molar-refractivity contribution in [1.29, 1.82) is 0 Å². The van der Waals surface area contributed by atoms with Gasteiger partial charge in [0.25, 0.3) is 0 Å². The molecule has 0 atom stereocenters. The van der Waals surface area contributed by atoms with E-state index in [-0.39, 0.29) is 0 Å². The summed E-state index contributed by atoms with van der Waals surface area (Å²) in [4.78, 5) is 0. The van der Waals surface area contributed by atoms with Crippen LogP contribution < -0.4 is 0 Å². The second kappa shape index (κ2) is 5.31. The SMILES string of the molecule is FC(F)(F)c1cccc([C](=[Zr+2])c2ccccc2)c1. The zero-order valence-electron chi connectivity index (χ0n) is 9.33. The third kappa shape index (κ3) is 3.05. The van der Waals surface area contributed by atoms with Gasteiger partial charge < -0.3 is 0 Å². The van der Waals surface area contributed by atoms with E-state index in [1.807, 2.05) is 30.3 Å². The fourth-order valence-corrected chi connectivity index (χ4v) is 2.41. The summed E-state index contributed by atoms with van der Waals surface area (Å²) >= 11 is 1.09. The average molecular weight is 325 g/mol. The van der Waals surface area contributed by atoms with E-state index >= 15 is 0 Å². The number of halogens is 3. The Morgan fingerprint density at radius 2 is 1.44 bits per heavy atom. The summed E-state index contributed by atoms with van der Waals surface area (Å²) in [5.74, 6) is 0. The topological polar surface area (TPSA) is 0 Å². The molecule has 0 nitrogen and oxygen atoms in total. The Morgan fingerprint density at radius 1 is 0.833 bits per heavy atom. The molecule has 0 aromatic heterocycles. The number of rotatable bonds is 2. The van der Waals surface area contributed by atoms with Gasteiger partial charge in [0.15, 0.2) is 0 Å². The molecule has 0 heterocycles. The first-order valence-electron chi connectivity index (χ1n) is 5.30. The molecule has 2 rings (SSSR count). The summed E-state index contributed by atoms with van der Waals surface area (Å²) in [6, 6.07) is 14.9. The fraction of sp³-hybridized carbons (Fsp3) is 0.0714. The van der Waals surface area contributed by atoms with Crippen molar-refractivity contribution in [2.75, 3.05) is 0 Å². The molecule has 0 amide bonds. The third-order valence-corrected chi connectivity index (χ3v) is 3.96. The summed E-state index contributed by atoms with van der Waals surface area (Å²) in [5.41, 5.74) is 1.00. The summed E-state index contributed by atoms with van der Waals surface area (Å²) in [6.07, 6.45) is -4.29. The standard InChI is InChI=1S/C14H9F3.Zr/c15-14(16,17)13-8-4-7-12(10-13)9-11-5-2-1-3-6-11;/h1-8,10H;/q;+2. The molecule has 0 saturated heterocycles. The Morgan fingerprint density at radius 3 is 2.06 bits per heavy atom. The van der Waals surface area contributed by atoms with Crippen molar-refractivity contribution < 1.29 is 37.4 Å². The van der Waals surface area contributed by atoms with Crippen LogP contribution in [0.5, 0.6) is 0 Å². The average Bonchev–Trinajstić information content (AvgIpc) is 2.38. The van der Waals surface area contributed by atoms with Gasteiger partial charge in [-0.05, 0) is 0 Å². The molecule has 2 aromatic carbocycles. The predicted octanol–water partition coefficient (Wildman–Crippen LogP) is 3.82. The second-order valence-corrected chi connectivity index (χ2v) is 5.05. The number of alkyl halides is 3. The van der Waals surface area contributed by atoms with Crippen LogP contribution in [0.1, 0.15) is 16.7 Å². The van der Waals surface area contributed by atoms with Gasteiger partial charge in [-0.15, -0.1) is 0 Å². The second-order valence-electron chi connectivity index (χ2n) is 3.82. The van der Waals surface area contributed by atoms with Crippen LogP contribution in [0.3, 0.4) is 0 Å². The first-order valence-corrected chi connectivity index (χ1v) is 6.53. The predicted molar refractivity (Wildman–Crippen MR) is 61.1 cm³/mol. The van der Waals surface area contributed by atoms with Crippen LogP contribution in [0.15, 0.2) is 54.6 Å². The zero-order chi connectivity index (χ0) is 13.2. The van der Waals surface area contributed by atoms with Gasteiger partial charge in [-0.2, -0.15) is 0 Å².